The van der Waals surface area contributed by atoms with Gasteiger partial charge < -0.3 is 5.32 Å². The van der Waals surface area contributed by atoms with Crippen LogP contribution in [0.5, 0.6) is 0 Å². The summed E-state index contributed by atoms with van der Waals surface area (Å²) in [5, 5.41) is 13.3. The van der Waals surface area contributed by atoms with Crippen molar-refractivity contribution in [3.8, 4) is 0 Å². The van der Waals surface area contributed by atoms with E-state index in [1.807, 2.05) is 0 Å². The second kappa shape index (κ2) is 7.12. The zero-order valence-corrected chi connectivity index (χ0v) is 14.6. The molecule has 1 aliphatic rings. The summed E-state index contributed by atoms with van der Waals surface area (Å²) in [6.45, 7) is 0.399. The highest BCUT2D eigenvalue weighted by Crippen LogP contribution is 2.25. The molecule has 0 unspecified atom stereocenters. The number of nitrogens with zero attached hydrogens (tertiary/aromatic N) is 2. The van der Waals surface area contributed by atoms with Gasteiger partial charge in [0.2, 0.25) is 10.0 Å². The van der Waals surface area contributed by atoms with E-state index in [9.17, 15) is 23.3 Å². The predicted octanol–water partition coefficient (Wildman–Crippen LogP) is 2.78. The van der Waals surface area contributed by atoms with Crippen LogP contribution < -0.4 is 9.62 Å². The van der Waals surface area contributed by atoms with Gasteiger partial charge in [0.15, 0.2) is 0 Å². The number of benzene rings is 2. The van der Waals surface area contributed by atoms with Crippen LogP contribution in [0.25, 0.3) is 0 Å². The number of hydrogen-bond acceptors (Lipinski definition) is 5. The summed E-state index contributed by atoms with van der Waals surface area (Å²) in [7, 11) is -3.35. The van der Waals surface area contributed by atoms with Crippen LogP contribution in [0.2, 0.25) is 0 Å². The summed E-state index contributed by atoms with van der Waals surface area (Å²) in [4.78, 5) is 22.6. The molecule has 0 radical (unpaired) electrons. The third kappa shape index (κ3) is 3.83. The molecule has 1 N–H and O–H groups in total. The summed E-state index contributed by atoms with van der Waals surface area (Å²) in [6, 6.07) is 11.9. The summed E-state index contributed by atoms with van der Waals surface area (Å²) in [5.41, 5.74) is 1.11. The maximum Gasteiger partial charge on any atom is 0.269 e. The SMILES string of the molecule is O=C(Nc1ccc([N+](=O)[O-])cc1)c1cccc(N2CCCCS2(=O)=O)c1. The number of carbonyl (C=O) groups is 1. The van der Waals surface area contributed by atoms with E-state index in [4.69, 9.17) is 0 Å². The first kappa shape index (κ1) is 17.9. The summed E-state index contributed by atoms with van der Waals surface area (Å²) in [5.74, 6) is -0.318. The van der Waals surface area contributed by atoms with Crippen molar-refractivity contribution in [2.75, 3.05) is 21.9 Å². The molecule has 1 aliphatic heterocycles. The van der Waals surface area contributed by atoms with Crippen molar-refractivity contribution >= 4 is 33.0 Å². The van der Waals surface area contributed by atoms with Crippen molar-refractivity contribution in [1.29, 1.82) is 0 Å². The largest absolute Gasteiger partial charge is 0.322 e. The van der Waals surface area contributed by atoms with E-state index >= 15 is 0 Å². The van der Waals surface area contributed by atoms with Crippen LogP contribution in [0.4, 0.5) is 17.1 Å². The molecular formula is C17H17N3O5S. The molecule has 1 fully saturated rings. The van der Waals surface area contributed by atoms with Gasteiger partial charge in [-0.25, -0.2) is 8.42 Å². The van der Waals surface area contributed by atoms with Gasteiger partial charge in [-0.1, -0.05) is 6.07 Å². The minimum absolute atomic E-state index is 0.0692. The standard InChI is InChI=1S/C17H17N3O5S/c21-17(18-14-6-8-15(9-7-14)20(22)23)13-4-3-5-16(12-13)19-10-1-2-11-26(19,24)25/h3-9,12H,1-2,10-11H2,(H,18,21). The molecule has 3 rings (SSSR count). The summed E-state index contributed by atoms with van der Waals surface area (Å²) in [6.07, 6.45) is 1.41. The third-order valence-corrected chi connectivity index (χ3v) is 5.95. The van der Waals surface area contributed by atoms with Gasteiger partial charge in [-0.05, 0) is 43.2 Å². The Morgan fingerprint density at radius 3 is 2.50 bits per heavy atom. The lowest BCUT2D eigenvalue weighted by Crippen LogP contribution is -2.37. The number of amides is 1. The molecule has 0 aromatic heterocycles. The Balaban J connectivity index is 1.79. The average Bonchev–Trinajstić information content (AvgIpc) is 2.62. The molecule has 0 atom stereocenters. The van der Waals surface area contributed by atoms with Gasteiger partial charge in [0.25, 0.3) is 11.6 Å². The van der Waals surface area contributed by atoms with Crippen LogP contribution >= 0.6 is 0 Å². The van der Waals surface area contributed by atoms with E-state index in [1.165, 1.54) is 34.6 Å². The Kier molecular flexibility index (Phi) is 4.90. The number of anilines is 2. The Hall–Kier alpha value is -2.94. The lowest BCUT2D eigenvalue weighted by Gasteiger charge is -2.28. The van der Waals surface area contributed by atoms with Gasteiger partial charge in [0, 0.05) is 29.9 Å². The second-order valence-corrected chi connectivity index (χ2v) is 7.92. The van der Waals surface area contributed by atoms with Gasteiger partial charge in [-0.3, -0.25) is 19.2 Å². The number of non-ortho nitro benzene ring substituents is 1. The number of nitro groups is 1. The van der Waals surface area contributed by atoms with Crippen molar-refractivity contribution in [3.05, 3.63) is 64.2 Å². The molecule has 0 bridgehead atoms. The maximum atomic E-state index is 12.4. The van der Waals surface area contributed by atoms with Gasteiger partial charge in [0.1, 0.15) is 0 Å². The Morgan fingerprint density at radius 2 is 1.85 bits per heavy atom. The van der Waals surface area contributed by atoms with Gasteiger partial charge in [-0.2, -0.15) is 0 Å². The third-order valence-electron chi connectivity index (χ3n) is 4.08. The van der Waals surface area contributed by atoms with Crippen LogP contribution in [-0.4, -0.2) is 31.5 Å². The van der Waals surface area contributed by atoms with Crippen LogP contribution in [0.3, 0.4) is 0 Å². The lowest BCUT2D eigenvalue weighted by molar-refractivity contribution is -0.384. The Labute approximate surface area is 150 Å². The molecule has 0 saturated carbocycles. The van der Waals surface area contributed by atoms with Gasteiger partial charge in [-0.15, -0.1) is 0 Å². The van der Waals surface area contributed by atoms with E-state index in [2.05, 4.69) is 5.32 Å². The number of sulfonamides is 1. The number of rotatable bonds is 4. The Morgan fingerprint density at radius 1 is 1.12 bits per heavy atom. The van der Waals surface area contributed by atoms with Gasteiger partial charge in [0.05, 0.1) is 16.4 Å². The molecule has 1 heterocycles. The first-order chi connectivity index (χ1) is 12.4. The minimum atomic E-state index is -3.35. The fraction of sp³-hybridized carbons (Fsp3) is 0.235. The highest BCUT2D eigenvalue weighted by molar-refractivity contribution is 7.92. The molecule has 8 nitrogen and oxygen atoms in total. The molecule has 2 aromatic rings. The minimum Gasteiger partial charge on any atom is -0.322 e. The monoisotopic (exact) mass is 375 g/mol. The molecule has 2 aromatic carbocycles. The first-order valence-electron chi connectivity index (χ1n) is 8.03. The second-order valence-electron chi connectivity index (χ2n) is 5.90. The van der Waals surface area contributed by atoms with E-state index in [1.54, 1.807) is 18.2 Å². The lowest BCUT2D eigenvalue weighted by atomic mass is 10.1. The molecule has 0 aliphatic carbocycles. The smallest absolute Gasteiger partial charge is 0.269 e. The molecule has 0 spiro atoms. The van der Waals surface area contributed by atoms with Crippen molar-refractivity contribution in [2.24, 2.45) is 0 Å². The van der Waals surface area contributed by atoms with Crippen molar-refractivity contribution in [2.45, 2.75) is 12.8 Å². The van der Waals surface area contributed by atoms with Crippen LogP contribution in [0, 0.1) is 10.1 Å². The number of nitro benzene ring substituents is 1. The summed E-state index contributed by atoms with van der Waals surface area (Å²) < 4.78 is 25.8. The topological polar surface area (TPSA) is 110 Å². The Bertz CT molecular complexity index is 941. The zero-order chi connectivity index (χ0) is 18.7. The van der Waals surface area contributed by atoms with Crippen molar-refractivity contribution < 1.29 is 18.1 Å². The quantitative estimate of drug-likeness (QED) is 0.653. The maximum absolute atomic E-state index is 12.4. The fourth-order valence-electron chi connectivity index (χ4n) is 2.75. The normalized spacial score (nSPS) is 16.1. The summed E-state index contributed by atoms with van der Waals surface area (Å²) >= 11 is 0. The number of nitrogens with one attached hydrogen (secondary N) is 1. The van der Waals surface area contributed by atoms with Crippen molar-refractivity contribution in [1.82, 2.24) is 0 Å². The highest BCUT2D eigenvalue weighted by atomic mass is 32.2. The highest BCUT2D eigenvalue weighted by Gasteiger charge is 2.26. The molecule has 136 valence electrons. The van der Waals surface area contributed by atoms with Crippen LogP contribution in [-0.2, 0) is 10.0 Å². The van der Waals surface area contributed by atoms with E-state index < -0.39 is 20.9 Å². The average molecular weight is 375 g/mol. The molecule has 1 amide bonds. The fourth-order valence-corrected chi connectivity index (χ4v) is 4.38. The van der Waals surface area contributed by atoms with E-state index in [0.717, 1.165) is 6.42 Å². The molecule has 26 heavy (non-hydrogen) atoms. The van der Waals surface area contributed by atoms with E-state index in [-0.39, 0.29) is 11.4 Å². The predicted molar refractivity (Wildman–Crippen MR) is 97.9 cm³/mol. The van der Waals surface area contributed by atoms with Crippen molar-refractivity contribution in [3.63, 3.8) is 0 Å². The number of hydrogen-bond donors (Lipinski definition) is 1. The first-order valence-corrected chi connectivity index (χ1v) is 9.64. The molecular weight excluding hydrogens is 358 g/mol. The zero-order valence-electron chi connectivity index (χ0n) is 13.8. The molecule has 1 saturated heterocycles. The molecule has 9 heteroatoms. The van der Waals surface area contributed by atoms with E-state index in [0.29, 0.717) is 29.9 Å². The number of carbonyl (C=O) groups excluding carboxylic acids is 1. The van der Waals surface area contributed by atoms with Crippen LogP contribution in [0.15, 0.2) is 48.5 Å². The van der Waals surface area contributed by atoms with Crippen LogP contribution in [0.1, 0.15) is 23.2 Å². The van der Waals surface area contributed by atoms with Gasteiger partial charge >= 0.3 is 0 Å².